The van der Waals surface area contributed by atoms with Gasteiger partial charge in [0, 0.05) is 17.1 Å². The lowest BCUT2D eigenvalue weighted by Gasteiger charge is -2.25. The summed E-state index contributed by atoms with van der Waals surface area (Å²) in [6, 6.07) is 12.3. The zero-order valence-electron chi connectivity index (χ0n) is 12.4. The third-order valence-electron chi connectivity index (χ3n) is 4.19. The van der Waals surface area contributed by atoms with Crippen molar-refractivity contribution in [3.63, 3.8) is 0 Å². The standard InChI is InChI=1S/C18H17ClFNO/c1-12-4-5-14(11-16(12)20)18(22)21-10-2-3-17(21)13-6-8-15(19)9-7-13/h4-9,11,17H,2-3,10H2,1H3. The van der Waals surface area contributed by atoms with Crippen LogP contribution in [0, 0.1) is 12.7 Å². The minimum Gasteiger partial charge on any atom is -0.332 e. The highest BCUT2D eigenvalue weighted by Gasteiger charge is 2.30. The maximum Gasteiger partial charge on any atom is 0.254 e. The van der Waals surface area contributed by atoms with E-state index in [1.807, 2.05) is 29.2 Å². The van der Waals surface area contributed by atoms with Gasteiger partial charge in [-0.15, -0.1) is 0 Å². The first-order chi connectivity index (χ1) is 10.6. The number of hydrogen-bond donors (Lipinski definition) is 0. The van der Waals surface area contributed by atoms with Gasteiger partial charge < -0.3 is 4.90 Å². The van der Waals surface area contributed by atoms with Crippen LogP contribution in [-0.4, -0.2) is 17.4 Å². The molecule has 4 heteroatoms. The Labute approximate surface area is 134 Å². The minimum absolute atomic E-state index is 0.0362. The number of carbonyl (C=O) groups excluding carboxylic acids is 1. The summed E-state index contributed by atoms with van der Waals surface area (Å²) in [7, 11) is 0. The van der Waals surface area contributed by atoms with E-state index in [0.29, 0.717) is 22.7 Å². The monoisotopic (exact) mass is 317 g/mol. The summed E-state index contributed by atoms with van der Waals surface area (Å²) in [5.41, 5.74) is 2.03. The SMILES string of the molecule is Cc1ccc(C(=O)N2CCCC2c2ccc(Cl)cc2)cc1F. The molecule has 0 aromatic heterocycles. The van der Waals surface area contributed by atoms with Gasteiger partial charge in [0.15, 0.2) is 0 Å². The molecule has 1 saturated heterocycles. The third kappa shape index (κ3) is 2.86. The molecule has 2 nitrogen and oxygen atoms in total. The number of benzene rings is 2. The van der Waals surface area contributed by atoms with Crippen LogP contribution < -0.4 is 0 Å². The topological polar surface area (TPSA) is 20.3 Å². The Hall–Kier alpha value is -1.87. The van der Waals surface area contributed by atoms with E-state index in [1.165, 1.54) is 6.07 Å². The molecule has 0 bridgehead atoms. The number of halogens is 2. The Morgan fingerprint density at radius 3 is 2.64 bits per heavy atom. The molecule has 3 rings (SSSR count). The maximum atomic E-state index is 13.7. The molecular formula is C18H17ClFNO. The number of likely N-dealkylation sites (tertiary alicyclic amines) is 1. The van der Waals surface area contributed by atoms with Crippen LogP contribution in [0.3, 0.4) is 0 Å². The Balaban J connectivity index is 1.87. The fraction of sp³-hybridized carbons (Fsp3) is 0.278. The minimum atomic E-state index is -0.340. The van der Waals surface area contributed by atoms with Crippen molar-refractivity contribution in [2.24, 2.45) is 0 Å². The average Bonchev–Trinajstić information content (AvgIpc) is 2.99. The van der Waals surface area contributed by atoms with Crippen molar-refractivity contribution < 1.29 is 9.18 Å². The van der Waals surface area contributed by atoms with Gasteiger partial charge in [0.2, 0.25) is 0 Å². The smallest absolute Gasteiger partial charge is 0.254 e. The van der Waals surface area contributed by atoms with Crippen LogP contribution in [-0.2, 0) is 0 Å². The lowest BCUT2D eigenvalue weighted by Crippen LogP contribution is -2.30. The molecule has 0 radical (unpaired) electrons. The Bertz CT molecular complexity index is 699. The van der Waals surface area contributed by atoms with Crippen LogP contribution in [0.25, 0.3) is 0 Å². The van der Waals surface area contributed by atoms with Crippen LogP contribution >= 0.6 is 11.6 Å². The van der Waals surface area contributed by atoms with E-state index in [1.54, 1.807) is 19.1 Å². The van der Waals surface area contributed by atoms with Gasteiger partial charge in [-0.1, -0.05) is 29.8 Å². The molecule has 0 spiro atoms. The Morgan fingerprint density at radius 1 is 1.23 bits per heavy atom. The Kier molecular flexibility index (Phi) is 4.16. The fourth-order valence-electron chi connectivity index (χ4n) is 2.93. The lowest BCUT2D eigenvalue weighted by molar-refractivity contribution is 0.0735. The van der Waals surface area contributed by atoms with Crippen molar-refractivity contribution in [1.29, 1.82) is 0 Å². The highest BCUT2D eigenvalue weighted by atomic mass is 35.5. The molecule has 1 atom stereocenters. The van der Waals surface area contributed by atoms with Gasteiger partial charge in [0.05, 0.1) is 6.04 Å². The number of carbonyl (C=O) groups is 1. The zero-order valence-corrected chi connectivity index (χ0v) is 13.1. The average molecular weight is 318 g/mol. The molecular weight excluding hydrogens is 301 g/mol. The summed E-state index contributed by atoms with van der Waals surface area (Å²) in [6.07, 6.45) is 1.87. The first kappa shape index (κ1) is 15.0. The third-order valence-corrected chi connectivity index (χ3v) is 4.44. The van der Waals surface area contributed by atoms with Crippen LogP contribution in [0.4, 0.5) is 4.39 Å². The quantitative estimate of drug-likeness (QED) is 0.781. The summed E-state index contributed by atoms with van der Waals surface area (Å²) in [5, 5.41) is 0.681. The van der Waals surface area contributed by atoms with Gasteiger partial charge >= 0.3 is 0 Å². The molecule has 22 heavy (non-hydrogen) atoms. The molecule has 1 aliphatic heterocycles. The predicted octanol–water partition coefficient (Wildman–Crippen LogP) is 4.76. The van der Waals surface area contributed by atoms with E-state index in [0.717, 1.165) is 18.4 Å². The molecule has 1 fully saturated rings. The van der Waals surface area contributed by atoms with Crippen molar-refractivity contribution in [2.45, 2.75) is 25.8 Å². The molecule has 1 heterocycles. The van der Waals surface area contributed by atoms with Crippen LogP contribution in [0.1, 0.15) is 40.4 Å². The first-order valence-electron chi connectivity index (χ1n) is 7.39. The van der Waals surface area contributed by atoms with Crippen molar-refractivity contribution >= 4 is 17.5 Å². The second-order valence-corrected chi connectivity index (χ2v) is 6.11. The van der Waals surface area contributed by atoms with Gasteiger partial charge in [-0.2, -0.15) is 0 Å². The van der Waals surface area contributed by atoms with Gasteiger partial charge in [0.1, 0.15) is 5.82 Å². The number of rotatable bonds is 2. The molecule has 1 unspecified atom stereocenters. The highest BCUT2D eigenvalue weighted by molar-refractivity contribution is 6.30. The molecule has 2 aromatic rings. The van der Waals surface area contributed by atoms with E-state index in [2.05, 4.69) is 0 Å². The number of hydrogen-bond acceptors (Lipinski definition) is 1. The van der Waals surface area contributed by atoms with Crippen molar-refractivity contribution in [3.8, 4) is 0 Å². The van der Waals surface area contributed by atoms with Gasteiger partial charge in [-0.3, -0.25) is 4.79 Å². The second-order valence-electron chi connectivity index (χ2n) is 5.67. The molecule has 2 aromatic carbocycles. The van der Waals surface area contributed by atoms with Gasteiger partial charge in [0.25, 0.3) is 5.91 Å². The zero-order chi connectivity index (χ0) is 15.7. The van der Waals surface area contributed by atoms with Gasteiger partial charge in [-0.25, -0.2) is 4.39 Å². The maximum absolute atomic E-state index is 13.7. The van der Waals surface area contributed by atoms with Crippen LogP contribution in [0.15, 0.2) is 42.5 Å². The largest absolute Gasteiger partial charge is 0.332 e. The lowest BCUT2D eigenvalue weighted by atomic mass is 10.0. The van der Waals surface area contributed by atoms with E-state index >= 15 is 0 Å². The summed E-state index contributed by atoms with van der Waals surface area (Å²) < 4.78 is 13.7. The molecule has 0 saturated carbocycles. The van der Waals surface area contributed by atoms with Crippen LogP contribution in [0.5, 0.6) is 0 Å². The van der Waals surface area contributed by atoms with E-state index in [9.17, 15) is 9.18 Å². The van der Waals surface area contributed by atoms with E-state index in [4.69, 9.17) is 11.6 Å². The van der Waals surface area contributed by atoms with E-state index in [-0.39, 0.29) is 17.8 Å². The number of amides is 1. The van der Waals surface area contributed by atoms with E-state index < -0.39 is 0 Å². The van der Waals surface area contributed by atoms with Crippen LogP contribution in [0.2, 0.25) is 5.02 Å². The number of nitrogens with zero attached hydrogens (tertiary/aromatic N) is 1. The Morgan fingerprint density at radius 2 is 1.95 bits per heavy atom. The summed E-state index contributed by atoms with van der Waals surface area (Å²) >= 11 is 5.92. The molecule has 0 aliphatic carbocycles. The summed E-state index contributed by atoms with van der Waals surface area (Å²) in [4.78, 5) is 14.5. The number of aryl methyl sites for hydroxylation is 1. The van der Waals surface area contributed by atoms with Crippen molar-refractivity contribution in [3.05, 3.63) is 70.0 Å². The van der Waals surface area contributed by atoms with Crippen molar-refractivity contribution in [1.82, 2.24) is 4.90 Å². The highest BCUT2D eigenvalue weighted by Crippen LogP contribution is 2.33. The van der Waals surface area contributed by atoms with Crippen molar-refractivity contribution in [2.75, 3.05) is 6.54 Å². The molecule has 1 aliphatic rings. The summed E-state index contributed by atoms with van der Waals surface area (Å²) in [5.74, 6) is -0.454. The summed E-state index contributed by atoms with van der Waals surface area (Å²) in [6.45, 7) is 2.39. The molecule has 0 N–H and O–H groups in total. The predicted molar refractivity (Wildman–Crippen MR) is 85.6 cm³/mol. The van der Waals surface area contributed by atoms with Gasteiger partial charge in [-0.05, 0) is 55.2 Å². The first-order valence-corrected chi connectivity index (χ1v) is 7.76. The normalized spacial score (nSPS) is 17.8. The second kappa shape index (κ2) is 6.09. The molecule has 114 valence electrons. The molecule has 1 amide bonds. The fourth-order valence-corrected chi connectivity index (χ4v) is 3.06.